The number of nitrogens with one attached hydrogen (secondary N) is 4. The number of benzene rings is 6. The Hall–Kier alpha value is -11.1. The summed E-state index contributed by atoms with van der Waals surface area (Å²) < 4.78 is 21.1. The maximum absolute atomic E-state index is 12.4. The molecular weight excluding hydrogens is 1050 g/mol. The van der Waals surface area contributed by atoms with Crippen molar-refractivity contribution in [1.82, 2.24) is 48.6 Å². The normalized spacial score (nSPS) is 12.5. The number of nitrogens with zero attached hydrogens (tertiary/aromatic N) is 9. The van der Waals surface area contributed by atoms with Gasteiger partial charge in [-0.15, -0.1) is 0 Å². The second kappa shape index (κ2) is 22.6. The van der Waals surface area contributed by atoms with E-state index in [0.717, 1.165) is 33.4 Å². The lowest BCUT2D eigenvalue weighted by Gasteiger charge is -2.14. The van der Waals surface area contributed by atoms with Gasteiger partial charge in [0.15, 0.2) is 28.1 Å². The zero-order valence-electron chi connectivity index (χ0n) is 44.9. The van der Waals surface area contributed by atoms with Crippen LogP contribution in [-0.4, -0.2) is 86.7 Å². The summed E-state index contributed by atoms with van der Waals surface area (Å²) in [5, 5.41) is 7.67. The van der Waals surface area contributed by atoms with Crippen LogP contribution < -0.4 is 27.2 Å². The predicted octanol–water partition coefficient (Wildman–Crippen LogP) is 9.88. The molecule has 5 aromatic heterocycles. The quantitative estimate of drug-likeness (QED) is 0.0981. The average Bonchev–Trinajstić information content (AvgIpc) is 3.63. The van der Waals surface area contributed by atoms with Crippen molar-refractivity contribution in [1.29, 1.82) is 0 Å². The van der Waals surface area contributed by atoms with E-state index < -0.39 is 29.5 Å². The van der Waals surface area contributed by atoms with Crippen LogP contribution in [0.5, 0.6) is 0 Å². The van der Waals surface area contributed by atoms with E-state index in [1.54, 1.807) is 35.6 Å². The number of ether oxygens (including phenoxy) is 3. The van der Waals surface area contributed by atoms with Gasteiger partial charge in [0.05, 0.1) is 12.7 Å². The fourth-order valence-electron chi connectivity index (χ4n) is 10.8. The smallest absolute Gasteiger partial charge is 0.414 e. The number of anilines is 3. The minimum atomic E-state index is -0.684. The average molecular weight is 1110 g/mol. The van der Waals surface area contributed by atoms with E-state index >= 15 is 0 Å². The molecule has 0 saturated carbocycles. The van der Waals surface area contributed by atoms with Gasteiger partial charge in [0.2, 0.25) is 5.95 Å². The van der Waals surface area contributed by atoms with Crippen LogP contribution in [0.15, 0.2) is 186 Å². The Morgan fingerprint density at radius 2 is 0.855 bits per heavy atom. The van der Waals surface area contributed by atoms with Crippen molar-refractivity contribution in [2.24, 2.45) is 21.1 Å². The Balaban J connectivity index is 0.000000123. The number of H-pyrrole nitrogens is 1. The Morgan fingerprint density at radius 3 is 1.30 bits per heavy atom. The maximum atomic E-state index is 12.4. The van der Waals surface area contributed by atoms with Crippen molar-refractivity contribution in [3.05, 3.63) is 231 Å². The molecule has 83 heavy (non-hydrogen) atoms. The summed E-state index contributed by atoms with van der Waals surface area (Å²) in [6.07, 6.45) is 4.17. The van der Waals surface area contributed by atoms with Gasteiger partial charge >= 0.3 is 24.0 Å². The molecule has 0 radical (unpaired) electrons. The molecule has 0 aliphatic heterocycles. The molecule has 0 saturated heterocycles. The van der Waals surface area contributed by atoms with Crippen LogP contribution in [0.4, 0.5) is 32.0 Å². The second-order valence-electron chi connectivity index (χ2n) is 19.8. The highest BCUT2D eigenvalue weighted by molar-refractivity contribution is 5.93. The number of imidazole rings is 2. The van der Waals surface area contributed by atoms with Gasteiger partial charge in [-0.3, -0.25) is 25.7 Å². The first-order valence-electron chi connectivity index (χ1n) is 26.4. The van der Waals surface area contributed by atoms with Gasteiger partial charge in [-0.05, 0) is 72.8 Å². The van der Waals surface area contributed by atoms with E-state index in [9.17, 15) is 24.0 Å². The molecule has 3 aliphatic rings. The summed E-state index contributed by atoms with van der Waals surface area (Å²) in [7, 11) is 5.14. The molecule has 6 aromatic carbocycles. The minimum absolute atomic E-state index is 0.00949. The first-order chi connectivity index (χ1) is 40.5. The molecule has 14 rings (SSSR count). The van der Waals surface area contributed by atoms with Crippen LogP contribution in [0.3, 0.4) is 0 Å². The van der Waals surface area contributed by atoms with Crippen LogP contribution in [0.1, 0.15) is 51.1 Å². The summed E-state index contributed by atoms with van der Waals surface area (Å²) in [6, 6.07) is 50.5. The third-order valence-corrected chi connectivity index (χ3v) is 14.7. The van der Waals surface area contributed by atoms with Crippen LogP contribution in [0, 0.1) is 0 Å². The molecule has 21 nitrogen and oxygen atoms in total. The monoisotopic (exact) mass is 1110 g/mol. The van der Waals surface area contributed by atoms with Gasteiger partial charge in [-0.1, -0.05) is 146 Å². The molecule has 0 unspecified atom stereocenters. The predicted molar refractivity (Wildman–Crippen MR) is 311 cm³/mol. The van der Waals surface area contributed by atoms with E-state index in [2.05, 4.69) is 124 Å². The van der Waals surface area contributed by atoms with E-state index in [0.29, 0.717) is 22.6 Å². The lowest BCUT2D eigenvalue weighted by molar-refractivity contribution is 0.157. The standard InChI is InChI=1S/C21H17N5O3.C21H17N5O2.C20H17N3O3/c1-26-11-22-17-18(26)23-20(24-19(17)27)25-21(28)29-10-16-14-8-4-2-6-12(14)13-7-3-5-9-15(13)16;1-26-12-24-18-19(22-11-23-20(18)26)25-21(27)28-10-17-15-8-4-2-6-13(15)14-7-3-5-9-16(14)17;1-23-11-10-18(21-19(23)24)22-20(25)26-12-17-15-8-4-2-6-13(15)14-7-3-5-9-16(14)17/h2-9,11,16H,10H2,1H3,(H2,23,24,25,27,28);2-9,11-12,17H,10H2,1H3,(H,22,23,25,27);2-11,17H,12H2,1H3,(H,21,22,24,25). The lowest BCUT2D eigenvalue weighted by atomic mass is 9.98. The summed E-state index contributed by atoms with van der Waals surface area (Å²) in [5.41, 5.74) is 14.8. The van der Waals surface area contributed by atoms with Crippen molar-refractivity contribution >= 4 is 58.2 Å². The van der Waals surface area contributed by atoms with Gasteiger partial charge in [0, 0.05) is 45.1 Å². The molecule has 21 heteroatoms. The topological polar surface area (TPSA) is 257 Å². The third kappa shape index (κ3) is 10.5. The van der Waals surface area contributed by atoms with E-state index in [1.807, 2.05) is 79.8 Å². The van der Waals surface area contributed by atoms with E-state index in [1.165, 1.54) is 56.8 Å². The number of aryl methyl sites for hydroxylation is 3. The van der Waals surface area contributed by atoms with Gasteiger partial charge in [-0.25, -0.2) is 39.1 Å². The number of fused-ring (bicyclic) bond motifs is 11. The Morgan fingerprint density at radius 1 is 0.458 bits per heavy atom. The van der Waals surface area contributed by atoms with Crippen LogP contribution in [0.2, 0.25) is 0 Å². The fraction of sp³-hybridized carbons (Fsp3) is 0.145. The minimum Gasteiger partial charge on any atom is -0.448 e. The summed E-state index contributed by atoms with van der Waals surface area (Å²) in [4.78, 5) is 87.4. The van der Waals surface area contributed by atoms with Crippen molar-refractivity contribution in [3.63, 3.8) is 0 Å². The highest BCUT2D eigenvalue weighted by Crippen LogP contribution is 2.47. The van der Waals surface area contributed by atoms with Crippen LogP contribution in [0.25, 0.3) is 55.7 Å². The molecule has 11 aromatic rings. The Labute approximate surface area is 472 Å². The van der Waals surface area contributed by atoms with Gasteiger partial charge in [0.1, 0.15) is 32.0 Å². The fourth-order valence-corrected chi connectivity index (χ4v) is 10.8. The Bertz CT molecular complexity index is 4300. The lowest BCUT2D eigenvalue weighted by Crippen LogP contribution is -2.23. The number of carbonyl (C=O) groups excluding carboxylic acids is 3. The third-order valence-electron chi connectivity index (χ3n) is 14.7. The zero-order valence-corrected chi connectivity index (χ0v) is 44.9. The van der Waals surface area contributed by atoms with Crippen molar-refractivity contribution in [2.45, 2.75) is 17.8 Å². The molecule has 0 atom stereocenters. The summed E-state index contributed by atoms with van der Waals surface area (Å²) >= 11 is 0. The number of hydrogen-bond donors (Lipinski definition) is 4. The van der Waals surface area contributed by atoms with Gasteiger partial charge < -0.3 is 27.9 Å². The Kier molecular flexibility index (Phi) is 14.3. The zero-order chi connectivity index (χ0) is 57.1. The van der Waals surface area contributed by atoms with Crippen LogP contribution in [-0.2, 0) is 35.4 Å². The first kappa shape index (κ1) is 52.6. The van der Waals surface area contributed by atoms with Gasteiger partial charge in [-0.2, -0.15) is 9.97 Å². The number of hydrogen-bond acceptors (Lipinski definition) is 14. The SMILES string of the molecule is Cn1ccc(NC(=O)OCC2c3ccccc3-c3ccccc32)nc1=O.Cn1cnc2c(=O)[nH]c(NC(=O)OCC3c4ccccc4-c4ccccc43)nc21.Cn1cnc2c(NC(=O)OCC3c4ccccc4-c4ccccc43)ncnc21. The van der Waals surface area contributed by atoms with Crippen molar-refractivity contribution in [3.8, 4) is 33.4 Å². The largest absolute Gasteiger partial charge is 0.448 e. The highest BCUT2D eigenvalue weighted by Gasteiger charge is 2.32. The molecule has 0 spiro atoms. The number of aromatic amines is 1. The van der Waals surface area contributed by atoms with Gasteiger partial charge in [0.25, 0.3) is 5.56 Å². The summed E-state index contributed by atoms with van der Waals surface area (Å²) in [6.45, 7) is 0.638. The van der Waals surface area contributed by atoms with Crippen LogP contribution >= 0.6 is 0 Å². The molecular formula is C62H51N13O8. The molecule has 4 N–H and O–H groups in total. The number of amides is 3. The molecule has 3 amide bonds. The summed E-state index contributed by atoms with van der Waals surface area (Å²) in [5.74, 6) is 0.486. The second-order valence-corrected chi connectivity index (χ2v) is 19.8. The van der Waals surface area contributed by atoms with Crippen molar-refractivity contribution in [2.75, 3.05) is 35.8 Å². The van der Waals surface area contributed by atoms with E-state index in [4.69, 9.17) is 14.2 Å². The van der Waals surface area contributed by atoms with E-state index in [-0.39, 0.29) is 54.9 Å². The molecule has 0 bridgehead atoms. The maximum Gasteiger partial charge on any atom is 0.414 e. The molecule has 412 valence electrons. The number of carbonyl (C=O) groups is 3. The van der Waals surface area contributed by atoms with Crippen molar-refractivity contribution < 1.29 is 28.6 Å². The molecule has 5 heterocycles. The number of aromatic nitrogens is 10. The molecule has 3 aliphatic carbocycles. The molecule has 0 fully saturated rings. The number of rotatable bonds is 9. The first-order valence-corrected chi connectivity index (χ1v) is 26.4. The highest BCUT2D eigenvalue weighted by atomic mass is 16.6.